The number of hydrogen-bond acceptors (Lipinski definition) is 3. The molecule has 17 heavy (non-hydrogen) atoms. The first-order valence-electron chi connectivity index (χ1n) is 3.84. The summed E-state index contributed by atoms with van der Waals surface area (Å²) in [6, 6.07) is 0.352. The van der Waals surface area contributed by atoms with Gasteiger partial charge < -0.3 is 0 Å². The van der Waals surface area contributed by atoms with E-state index >= 15 is 0 Å². The topological polar surface area (TPSA) is 56.0 Å². The van der Waals surface area contributed by atoms with E-state index in [-0.39, 0.29) is 0 Å². The highest BCUT2D eigenvalue weighted by molar-refractivity contribution is 14.1. The predicted molar refractivity (Wildman–Crippen MR) is 53.6 cm³/mol. The molecule has 1 rings (SSSR count). The van der Waals surface area contributed by atoms with Crippen molar-refractivity contribution in [3.63, 3.8) is 0 Å². The van der Waals surface area contributed by atoms with Crippen molar-refractivity contribution < 1.29 is 26.9 Å². The third-order valence-corrected chi connectivity index (χ3v) is 2.24. The number of nitro groups is 1. The molecule has 0 aromatic carbocycles. The Morgan fingerprint density at radius 2 is 1.94 bits per heavy atom. The molecule has 94 valence electrons. The number of hydrogen-bond donors (Lipinski definition) is 0. The van der Waals surface area contributed by atoms with E-state index in [1.807, 2.05) is 0 Å². The summed E-state index contributed by atoms with van der Waals surface area (Å²) in [5, 5.41) is 10.4. The van der Waals surface area contributed by atoms with Gasteiger partial charge in [-0.1, -0.05) is 0 Å². The fourth-order valence-electron chi connectivity index (χ4n) is 1.09. The summed E-state index contributed by atoms with van der Waals surface area (Å²) in [6.45, 7) is 0. The van der Waals surface area contributed by atoms with Crippen LogP contribution in [-0.2, 0) is 6.18 Å². The summed E-state index contributed by atoms with van der Waals surface area (Å²) in [4.78, 5) is 12.0. The first-order valence-corrected chi connectivity index (χ1v) is 4.92. The maximum absolute atomic E-state index is 12.5. The molecule has 0 fully saturated rings. The van der Waals surface area contributed by atoms with Gasteiger partial charge in [0.05, 0.1) is 4.92 Å². The molecular formula is C7H2F5IN2O2. The lowest BCUT2D eigenvalue weighted by Gasteiger charge is -2.10. The zero-order valence-electron chi connectivity index (χ0n) is 7.63. The average Bonchev–Trinajstić information content (AvgIpc) is 2.14. The fraction of sp³-hybridized carbons (Fsp3) is 0.286. The van der Waals surface area contributed by atoms with Crippen molar-refractivity contribution in [1.82, 2.24) is 4.98 Å². The zero-order chi connectivity index (χ0) is 13.4. The molecule has 0 saturated carbocycles. The summed E-state index contributed by atoms with van der Waals surface area (Å²) >= 11 is 1.28. The molecule has 10 heteroatoms. The third-order valence-electron chi connectivity index (χ3n) is 1.68. The van der Waals surface area contributed by atoms with Crippen molar-refractivity contribution in [2.24, 2.45) is 0 Å². The first-order chi connectivity index (χ1) is 7.64. The highest BCUT2D eigenvalue weighted by Crippen LogP contribution is 2.40. The Bertz CT molecular complexity index is 462. The second-order valence-electron chi connectivity index (χ2n) is 2.78. The van der Waals surface area contributed by atoms with Crippen molar-refractivity contribution in [3.05, 3.63) is 31.1 Å². The van der Waals surface area contributed by atoms with E-state index in [0.29, 0.717) is 6.07 Å². The predicted octanol–water partition coefficient (Wildman–Crippen LogP) is 3.55. The van der Waals surface area contributed by atoms with E-state index in [2.05, 4.69) is 4.98 Å². The maximum atomic E-state index is 12.5. The molecule has 0 saturated heterocycles. The van der Waals surface area contributed by atoms with Crippen LogP contribution in [0.5, 0.6) is 0 Å². The summed E-state index contributed by atoms with van der Waals surface area (Å²) < 4.78 is 61.8. The van der Waals surface area contributed by atoms with Crippen molar-refractivity contribution in [2.75, 3.05) is 0 Å². The molecule has 0 spiro atoms. The quantitative estimate of drug-likeness (QED) is 0.264. The van der Waals surface area contributed by atoms with Crippen LogP contribution in [0.25, 0.3) is 0 Å². The van der Waals surface area contributed by atoms with Crippen molar-refractivity contribution in [3.8, 4) is 0 Å². The van der Waals surface area contributed by atoms with Gasteiger partial charge in [0.25, 0.3) is 6.43 Å². The van der Waals surface area contributed by atoms with Crippen LogP contribution in [0.1, 0.15) is 17.7 Å². The van der Waals surface area contributed by atoms with Crippen LogP contribution in [0.3, 0.4) is 0 Å². The van der Waals surface area contributed by atoms with Crippen LogP contribution < -0.4 is 0 Å². The Hall–Kier alpha value is -1.07. The van der Waals surface area contributed by atoms with Crippen LogP contribution in [0.2, 0.25) is 0 Å². The lowest BCUT2D eigenvalue weighted by atomic mass is 10.1. The van der Waals surface area contributed by atoms with Crippen LogP contribution in [0.15, 0.2) is 6.07 Å². The Labute approximate surface area is 104 Å². The minimum absolute atomic E-state index is 0.352. The Balaban J connectivity index is 3.64. The van der Waals surface area contributed by atoms with Gasteiger partial charge in [-0.2, -0.15) is 13.2 Å². The summed E-state index contributed by atoms with van der Waals surface area (Å²) in [7, 11) is 0. The van der Waals surface area contributed by atoms with Crippen molar-refractivity contribution >= 4 is 28.3 Å². The molecule has 0 atom stereocenters. The monoisotopic (exact) mass is 368 g/mol. The molecule has 0 unspecified atom stereocenters. The van der Waals surface area contributed by atoms with Crippen LogP contribution in [-0.4, -0.2) is 9.91 Å². The maximum Gasteiger partial charge on any atom is 0.423 e. The number of halogens is 6. The molecule has 0 radical (unpaired) electrons. The van der Waals surface area contributed by atoms with Crippen molar-refractivity contribution in [2.45, 2.75) is 12.6 Å². The molecule has 0 aliphatic rings. The molecular weight excluding hydrogens is 366 g/mol. The minimum Gasteiger partial charge on any atom is -0.258 e. The molecule has 1 aromatic heterocycles. The van der Waals surface area contributed by atoms with E-state index in [1.54, 1.807) is 0 Å². The normalized spacial score (nSPS) is 11.9. The minimum atomic E-state index is -5.09. The summed E-state index contributed by atoms with van der Waals surface area (Å²) in [5.74, 6) is 0. The van der Waals surface area contributed by atoms with Crippen LogP contribution in [0.4, 0.5) is 27.6 Å². The van der Waals surface area contributed by atoms with Crippen LogP contribution in [0, 0.1) is 13.8 Å². The van der Waals surface area contributed by atoms with Gasteiger partial charge in [-0.3, -0.25) is 10.1 Å². The second-order valence-corrected chi connectivity index (χ2v) is 3.89. The van der Waals surface area contributed by atoms with E-state index < -0.39 is 38.2 Å². The lowest BCUT2D eigenvalue weighted by molar-refractivity contribution is -0.389. The number of rotatable bonds is 2. The van der Waals surface area contributed by atoms with E-state index in [4.69, 9.17) is 0 Å². The molecule has 0 aliphatic carbocycles. The van der Waals surface area contributed by atoms with Crippen molar-refractivity contribution in [1.29, 1.82) is 0 Å². The zero-order valence-corrected chi connectivity index (χ0v) is 9.79. The largest absolute Gasteiger partial charge is 0.423 e. The smallest absolute Gasteiger partial charge is 0.258 e. The summed E-state index contributed by atoms with van der Waals surface area (Å²) in [6.07, 6.45) is -8.54. The van der Waals surface area contributed by atoms with Gasteiger partial charge in [0, 0.05) is 0 Å². The highest BCUT2D eigenvalue weighted by Gasteiger charge is 2.42. The molecule has 1 aromatic rings. The summed E-state index contributed by atoms with van der Waals surface area (Å²) in [5.41, 5.74) is -4.90. The molecule has 1 heterocycles. The van der Waals surface area contributed by atoms with Gasteiger partial charge in [0.1, 0.15) is 9.26 Å². The van der Waals surface area contributed by atoms with Gasteiger partial charge in [-0.15, -0.1) is 0 Å². The Kier molecular flexibility index (Phi) is 3.84. The SMILES string of the molecule is O=[N+]([O-])c1c(C(F)(F)F)cc(I)nc1C(F)F. The third kappa shape index (κ3) is 2.98. The fourth-order valence-corrected chi connectivity index (χ4v) is 1.66. The number of nitrogens with zero attached hydrogens (tertiary/aromatic N) is 2. The van der Waals surface area contributed by atoms with Gasteiger partial charge in [0.2, 0.25) is 0 Å². The number of aromatic nitrogens is 1. The average molecular weight is 368 g/mol. The molecule has 4 nitrogen and oxygen atoms in total. The number of pyridine rings is 1. The standard InChI is InChI=1S/C7H2F5IN2O2/c8-6(9)4-5(15(16)17)2(7(10,11)12)1-3(13)14-4/h1,6H. The van der Waals surface area contributed by atoms with Gasteiger partial charge >= 0.3 is 11.9 Å². The second kappa shape index (κ2) is 4.66. The van der Waals surface area contributed by atoms with E-state index in [9.17, 15) is 32.1 Å². The van der Waals surface area contributed by atoms with E-state index in [1.165, 1.54) is 22.6 Å². The Morgan fingerprint density at radius 3 is 2.29 bits per heavy atom. The lowest BCUT2D eigenvalue weighted by Crippen LogP contribution is -2.13. The van der Waals surface area contributed by atoms with Crippen LogP contribution >= 0.6 is 22.6 Å². The number of alkyl halides is 5. The van der Waals surface area contributed by atoms with E-state index in [0.717, 1.165) is 0 Å². The molecule has 0 N–H and O–H groups in total. The van der Waals surface area contributed by atoms with Gasteiger partial charge in [0.15, 0.2) is 5.69 Å². The Morgan fingerprint density at radius 1 is 1.41 bits per heavy atom. The molecule has 0 amide bonds. The highest BCUT2D eigenvalue weighted by atomic mass is 127. The molecule has 0 aliphatic heterocycles. The first kappa shape index (κ1) is 14.0. The van der Waals surface area contributed by atoms with Gasteiger partial charge in [-0.25, -0.2) is 13.8 Å². The molecule has 0 bridgehead atoms. The van der Waals surface area contributed by atoms with Gasteiger partial charge in [-0.05, 0) is 28.7 Å².